The molecule has 0 bridgehead atoms. The molecule has 0 aliphatic carbocycles. The van der Waals surface area contributed by atoms with Crippen LogP contribution in [0.15, 0.2) is 30.3 Å². The van der Waals surface area contributed by atoms with Gasteiger partial charge in [0.1, 0.15) is 5.69 Å². The van der Waals surface area contributed by atoms with E-state index in [2.05, 4.69) is 0 Å². The maximum atomic E-state index is 13.2. The quantitative estimate of drug-likeness (QED) is 0.706. The number of nitrogens with zero attached hydrogens (tertiary/aromatic N) is 2. The van der Waals surface area contributed by atoms with E-state index in [1.165, 1.54) is 0 Å². The van der Waals surface area contributed by atoms with Gasteiger partial charge in [0.15, 0.2) is 0 Å². The minimum atomic E-state index is -0.375. The molecule has 0 fully saturated rings. The molecule has 0 saturated carbocycles. The molecule has 1 amide bonds. The Morgan fingerprint density at radius 1 is 1.08 bits per heavy atom. The van der Waals surface area contributed by atoms with E-state index >= 15 is 0 Å². The van der Waals surface area contributed by atoms with Crippen molar-refractivity contribution >= 4 is 11.9 Å². The summed E-state index contributed by atoms with van der Waals surface area (Å²) in [6, 6.07) is 9.92. The monoisotopic (exact) mass is 356 g/mol. The number of aromatic nitrogens is 1. The number of carbonyl (C=O) groups excluding carboxylic acids is 2. The fraction of sp³-hybridized carbons (Fsp3) is 0.429. The van der Waals surface area contributed by atoms with Crippen molar-refractivity contribution in [2.45, 2.75) is 47.7 Å². The summed E-state index contributed by atoms with van der Waals surface area (Å²) >= 11 is 0. The Hall–Kier alpha value is -2.56. The summed E-state index contributed by atoms with van der Waals surface area (Å²) < 4.78 is 7.07. The molecular weight excluding hydrogens is 328 g/mol. The first-order valence-electron chi connectivity index (χ1n) is 9.16. The summed E-state index contributed by atoms with van der Waals surface area (Å²) in [5.41, 5.74) is 3.67. The van der Waals surface area contributed by atoms with Gasteiger partial charge in [-0.15, -0.1) is 0 Å². The average Bonchev–Trinajstić information content (AvgIpc) is 2.90. The third-order valence-electron chi connectivity index (χ3n) is 4.65. The Morgan fingerprint density at radius 2 is 1.73 bits per heavy atom. The molecule has 0 aliphatic heterocycles. The average molecular weight is 356 g/mol. The minimum absolute atomic E-state index is 0.0518. The molecule has 5 heteroatoms. The van der Waals surface area contributed by atoms with Gasteiger partial charge in [0, 0.05) is 25.3 Å². The molecule has 0 aliphatic rings. The predicted molar refractivity (Wildman–Crippen MR) is 102 cm³/mol. The van der Waals surface area contributed by atoms with Crippen LogP contribution in [0.4, 0.5) is 0 Å². The minimum Gasteiger partial charge on any atom is -0.461 e. The van der Waals surface area contributed by atoms with Gasteiger partial charge in [0.2, 0.25) is 0 Å². The summed E-state index contributed by atoms with van der Waals surface area (Å²) in [5, 5.41) is 0. The first-order valence-corrected chi connectivity index (χ1v) is 9.16. The molecule has 0 radical (unpaired) electrons. The molecule has 5 nitrogen and oxygen atoms in total. The molecule has 0 atom stereocenters. The van der Waals surface area contributed by atoms with Gasteiger partial charge in [-0.25, -0.2) is 4.79 Å². The molecule has 2 aromatic rings. The number of esters is 1. The molecule has 2 rings (SSSR count). The second-order valence-electron chi connectivity index (χ2n) is 6.20. The van der Waals surface area contributed by atoms with Crippen LogP contribution in [0.25, 0.3) is 0 Å². The highest BCUT2D eigenvalue weighted by atomic mass is 16.5. The third-order valence-corrected chi connectivity index (χ3v) is 4.65. The molecule has 0 spiro atoms. The van der Waals surface area contributed by atoms with Gasteiger partial charge >= 0.3 is 5.97 Å². The Kier molecular flexibility index (Phi) is 6.61. The van der Waals surface area contributed by atoms with Crippen LogP contribution in [0.2, 0.25) is 0 Å². The van der Waals surface area contributed by atoms with Crippen LogP contribution in [0.5, 0.6) is 0 Å². The number of rotatable bonds is 7. The lowest BCUT2D eigenvalue weighted by atomic mass is 10.1. The normalized spacial score (nSPS) is 10.7. The molecular formula is C21H28N2O3. The highest BCUT2D eigenvalue weighted by Gasteiger charge is 2.28. The van der Waals surface area contributed by atoms with Gasteiger partial charge in [-0.05, 0) is 45.7 Å². The van der Waals surface area contributed by atoms with Crippen LogP contribution in [0.1, 0.15) is 58.4 Å². The van der Waals surface area contributed by atoms with Crippen molar-refractivity contribution in [1.29, 1.82) is 0 Å². The highest BCUT2D eigenvalue weighted by Crippen LogP contribution is 2.25. The summed E-state index contributed by atoms with van der Waals surface area (Å²) in [6.07, 6.45) is 0. The lowest BCUT2D eigenvalue weighted by molar-refractivity contribution is 0.0512. The number of hydrogen-bond acceptors (Lipinski definition) is 3. The van der Waals surface area contributed by atoms with Gasteiger partial charge in [0.05, 0.1) is 12.2 Å². The molecule has 0 N–H and O–H groups in total. The Morgan fingerprint density at radius 3 is 2.27 bits per heavy atom. The first kappa shape index (κ1) is 19.8. The lowest BCUT2D eigenvalue weighted by Crippen LogP contribution is -2.31. The summed E-state index contributed by atoms with van der Waals surface area (Å²) in [7, 11) is 0. The van der Waals surface area contributed by atoms with E-state index in [0.717, 1.165) is 11.3 Å². The zero-order valence-electron chi connectivity index (χ0n) is 16.3. The topological polar surface area (TPSA) is 51.5 Å². The zero-order valence-corrected chi connectivity index (χ0v) is 16.3. The van der Waals surface area contributed by atoms with E-state index in [0.29, 0.717) is 43.1 Å². The third kappa shape index (κ3) is 3.82. The molecule has 1 aromatic heterocycles. The molecule has 1 heterocycles. The van der Waals surface area contributed by atoms with Crippen molar-refractivity contribution in [3.05, 3.63) is 58.4 Å². The summed E-state index contributed by atoms with van der Waals surface area (Å²) in [5.74, 6) is -0.427. The van der Waals surface area contributed by atoms with Gasteiger partial charge in [-0.1, -0.05) is 30.3 Å². The standard InChI is InChI=1S/C21H28N2O3/c1-6-22(14-17-12-10-9-11-13-17)20(24)18-15(4)19(21(25)26-8-3)23(7-2)16(18)5/h9-13H,6-8,14H2,1-5H3. The van der Waals surface area contributed by atoms with Crippen LogP contribution >= 0.6 is 0 Å². The van der Waals surface area contributed by atoms with Gasteiger partial charge in [0.25, 0.3) is 5.91 Å². The van der Waals surface area contributed by atoms with Crippen molar-refractivity contribution in [1.82, 2.24) is 9.47 Å². The Balaban J connectivity index is 2.42. The fourth-order valence-electron chi connectivity index (χ4n) is 3.36. The van der Waals surface area contributed by atoms with Crippen LogP contribution in [0.3, 0.4) is 0 Å². The van der Waals surface area contributed by atoms with Crippen molar-refractivity contribution in [2.24, 2.45) is 0 Å². The maximum absolute atomic E-state index is 13.2. The van der Waals surface area contributed by atoms with Crippen molar-refractivity contribution in [2.75, 3.05) is 13.2 Å². The Bertz CT molecular complexity index is 778. The number of ether oxygens (including phenoxy) is 1. The summed E-state index contributed by atoms with van der Waals surface area (Å²) in [4.78, 5) is 27.4. The molecule has 1 aromatic carbocycles. The lowest BCUT2D eigenvalue weighted by Gasteiger charge is -2.21. The van der Waals surface area contributed by atoms with Crippen LogP contribution < -0.4 is 0 Å². The second kappa shape index (κ2) is 8.70. The van der Waals surface area contributed by atoms with Crippen LogP contribution in [-0.4, -0.2) is 34.5 Å². The highest BCUT2D eigenvalue weighted by molar-refractivity contribution is 6.01. The number of hydrogen-bond donors (Lipinski definition) is 0. The zero-order chi connectivity index (χ0) is 19.3. The van der Waals surface area contributed by atoms with E-state index in [4.69, 9.17) is 4.74 Å². The molecule has 0 unspecified atom stereocenters. The fourth-order valence-corrected chi connectivity index (χ4v) is 3.36. The van der Waals surface area contributed by atoms with Gasteiger partial charge in [-0.3, -0.25) is 4.79 Å². The van der Waals surface area contributed by atoms with E-state index in [-0.39, 0.29) is 11.9 Å². The maximum Gasteiger partial charge on any atom is 0.355 e. The van der Waals surface area contributed by atoms with Crippen molar-refractivity contribution in [3.8, 4) is 0 Å². The van der Waals surface area contributed by atoms with E-state index < -0.39 is 0 Å². The second-order valence-corrected chi connectivity index (χ2v) is 6.20. The number of carbonyl (C=O) groups is 2. The van der Waals surface area contributed by atoms with E-state index in [1.807, 2.05) is 62.6 Å². The van der Waals surface area contributed by atoms with Crippen LogP contribution in [-0.2, 0) is 17.8 Å². The largest absolute Gasteiger partial charge is 0.461 e. The number of amides is 1. The van der Waals surface area contributed by atoms with Crippen molar-refractivity contribution < 1.29 is 14.3 Å². The SMILES string of the molecule is CCOC(=O)c1c(C)c(C(=O)N(CC)Cc2ccccc2)c(C)n1CC. The predicted octanol–water partition coefficient (Wildman–Crippen LogP) is 3.96. The first-order chi connectivity index (χ1) is 12.5. The van der Waals surface area contributed by atoms with Gasteiger partial charge in [-0.2, -0.15) is 0 Å². The van der Waals surface area contributed by atoms with Gasteiger partial charge < -0.3 is 14.2 Å². The smallest absolute Gasteiger partial charge is 0.355 e. The molecule has 0 saturated heterocycles. The molecule has 26 heavy (non-hydrogen) atoms. The van der Waals surface area contributed by atoms with E-state index in [1.54, 1.807) is 11.8 Å². The van der Waals surface area contributed by atoms with Crippen LogP contribution in [0, 0.1) is 13.8 Å². The molecule has 140 valence electrons. The Labute approximate surface area is 155 Å². The number of benzene rings is 1. The summed E-state index contributed by atoms with van der Waals surface area (Å²) in [6.45, 7) is 11.5. The van der Waals surface area contributed by atoms with Crippen molar-refractivity contribution in [3.63, 3.8) is 0 Å². The van der Waals surface area contributed by atoms with E-state index in [9.17, 15) is 9.59 Å².